The fourth-order valence-corrected chi connectivity index (χ4v) is 3.84. The molecule has 0 aliphatic carbocycles. The lowest BCUT2D eigenvalue weighted by Gasteiger charge is -2.25. The molecule has 0 unspecified atom stereocenters. The zero-order valence-electron chi connectivity index (χ0n) is 15.7. The van der Waals surface area contributed by atoms with Gasteiger partial charge in [-0.05, 0) is 29.8 Å². The lowest BCUT2D eigenvalue weighted by molar-refractivity contribution is -0.128. The number of benzene rings is 2. The molecule has 7 nitrogen and oxygen atoms in total. The van der Waals surface area contributed by atoms with Crippen LogP contribution in [0.15, 0.2) is 58.5 Å². The molecule has 2 aliphatic heterocycles. The van der Waals surface area contributed by atoms with Crippen LogP contribution in [0.3, 0.4) is 0 Å². The van der Waals surface area contributed by atoms with E-state index in [2.05, 4.69) is 15.3 Å². The van der Waals surface area contributed by atoms with Crippen molar-refractivity contribution in [2.24, 2.45) is 9.98 Å². The summed E-state index contributed by atoms with van der Waals surface area (Å²) in [7, 11) is 0. The average Bonchev–Trinajstić information content (AvgIpc) is 3.08. The summed E-state index contributed by atoms with van der Waals surface area (Å²) in [6, 6.07) is 14.3. The summed E-state index contributed by atoms with van der Waals surface area (Å²) in [4.78, 5) is 35.8. The quantitative estimate of drug-likeness (QED) is 0.803. The standard InChI is InChI=1S/C21H16FN5O2S/c22-14-7-5-13(6-8-14)12-24-18(28)11-17-20(29)27-19(25-17)15-3-1-2-4-16(15)26-21(27)30-10-9-23/h1-8,17H,10-12H2,(H,24,28)/t17-/m0/s1. The van der Waals surface area contributed by atoms with Crippen molar-refractivity contribution in [3.63, 3.8) is 0 Å². The first kappa shape index (κ1) is 19.8. The summed E-state index contributed by atoms with van der Waals surface area (Å²) in [6.45, 7) is 0.230. The highest BCUT2D eigenvalue weighted by molar-refractivity contribution is 8.14. The monoisotopic (exact) mass is 421 g/mol. The summed E-state index contributed by atoms with van der Waals surface area (Å²) < 4.78 is 13.0. The molecule has 0 aromatic heterocycles. The van der Waals surface area contributed by atoms with Crippen molar-refractivity contribution < 1.29 is 14.0 Å². The van der Waals surface area contributed by atoms with Gasteiger partial charge in [0.15, 0.2) is 5.17 Å². The molecule has 0 spiro atoms. The van der Waals surface area contributed by atoms with Crippen molar-refractivity contribution in [3.05, 3.63) is 65.5 Å². The van der Waals surface area contributed by atoms with Crippen molar-refractivity contribution in [2.45, 2.75) is 19.0 Å². The van der Waals surface area contributed by atoms with Gasteiger partial charge in [-0.25, -0.2) is 14.3 Å². The van der Waals surface area contributed by atoms with Crippen LogP contribution in [-0.4, -0.2) is 39.5 Å². The Kier molecular flexibility index (Phi) is 5.59. The molecule has 2 aliphatic rings. The van der Waals surface area contributed by atoms with E-state index in [1.54, 1.807) is 12.1 Å². The number of amidine groups is 2. The fourth-order valence-electron chi connectivity index (χ4n) is 3.18. The van der Waals surface area contributed by atoms with Gasteiger partial charge in [-0.2, -0.15) is 5.26 Å². The summed E-state index contributed by atoms with van der Waals surface area (Å²) in [5.74, 6) is -0.441. The van der Waals surface area contributed by atoms with Gasteiger partial charge in [-0.1, -0.05) is 36.0 Å². The zero-order valence-corrected chi connectivity index (χ0v) is 16.5. The third kappa shape index (κ3) is 3.95. The second kappa shape index (κ2) is 8.47. The van der Waals surface area contributed by atoms with Gasteiger partial charge >= 0.3 is 0 Å². The molecule has 0 bridgehead atoms. The largest absolute Gasteiger partial charge is 0.352 e. The summed E-state index contributed by atoms with van der Waals surface area (Å²) >= 11 is 1.15. The lowest BCUT2D eigenvalue weighted by Crippen LogP contribution is -2.42. The lowest BCUT2D eigenvalue weighted by atomic mass is 10.1. The van der Waals surface area contributed by atoms with Crippen LogP contribution in [0.25, 0.3) is 0 Å². The van der Waals surface area contributed by atoms with Crippen LogP contribution in [-0.2, 0) is 16.1 Å². The number of thioether (sulfide) groups is 1. The highest BCUT2D eigenvalue weighted by atomic mass is 32.2. The Labute approximate surface area is 176 Å². The van der Waals surface area contributed by atoms with Gasteiger partial charge in [-0.15, -0.1) is 0 Å². The molecule has 9 heteroatoms. The second-order valence-electron chi connectivity index (χ2n) is 6.61. The molecule has 0 saturated carbocycles. The third-order valence-corrected chi connectivity index (χ3v) is 5.40. The molecule has 1 N–H and O–H groups in total. The number of carbonyl (C=O) groups is 2. The smallest absolute Gasteiger partial charge is 0.259 e. The van der Waals surface area contributed by atoms with E-state index in [0.29, 0.717) is 22.3 Å². The normalized spacial score (nSPS) is 16.9. The van der Waals surface area contributed by atoms with E-state index in [1.165, 1.54) is 17.0 Å². The fraction of sp³-hybridized carbons (Fsp3) is 0.190. The molecule has 0 radical (unpaired) electrons. The van der Waals surface area contributed by atoms with Crippen LogP contribution >= 0.6 is 11.8 Å². The summed E-state index contributed by atoms with van der Waals surface area (Å²) in [5, 5.41) is 12.0. The van der Waals surface area contributed by atoms with Gasteiger partial charge < -0.3 is 5.32 Å². The van der Waals surface area contributed by atoms with E-state index in [-0.39, 0.29) is 36.4 Å². The molecule has 2 heterocycles. The topological polar surface area (TPSA) is 97.9 Å². The van der Waals surface area contributed by atoms with Crippen molar-refractivity contribution in [3.8, 4) is 6.07 Å². The van der Waals surface area contributed by atoms with Crippen LogP contribution in [0.2, 0.25) is 0 Å². The molecule has 2 aromatic carbocycles. The molecule has 4 rings (SSSR count). The van der Waals surface area contributed by atoms with E-state index in [1.807, 2.05) is 30.3 Å². The van der Waals surface area contributed by atoms with Gasteiger partial charge in [0.1, 0.15) is 17.7 Å². The van der Waals surface area contributed by atoms with Gasteiger partial charge in [0.25, 0.3) is 5.91 Å². The van der Waals surface area contributed by atoms with Crippen LogP contribution in [0.5, 0.6) is 0 Å². The predicted octanol–water partition coefficient (Wildman–Crippen LogP) is 2.75. The minimum absolute atomic E-state index is 0.113. The number of hydrogen-bond acceptors (Lipinski definition) is 6. The number of nitrogens with zero attached hydrogens (tertiary/aromatic N) is 4. The SMILES string of the molecule is N#CCSC1=Nc2ccccc2C2=N[C@@H](CC(=O)NCc3ccc(F)cc3)C(=O)N12. The maximum Gasteiger partial charge on any atom is 0.259 e. The first-order valence-corrected chi connectivity index (χ1v) is 10.2. The van der Waals surface area contributed by atoms with Crippen molar-refractivity contribution in [2.75, 3.05) is 5.75 Å². The molecule has 2 amide bonds. The highest BCUT2D eigenvalue weighted by Crippen LogP contribution is 2.33. The first-order valence-electron chi connectivity index (χ1n) is 9.17. The number of carbonyl (C=O) groups excluding carboxylic acids is 2. The Hall–Kier alpha value is -3.51. The number of aliphatic imine (C=N–C) groups is 2. The predicted molar refractivity (Wildman–Crippen MR) is 112 cm³/mol. The number of fused-ring (bicyclic) bond motifs is 3. The van der Waals surface area contributed by atoms with Gasteiger partial charge in [0.2, 0.25) is 5.91 Å². The maximum absolute atomic E-state index is 13.0. The van der Waals surface area contributed by atoms with E-state index in [4.69, 9.17) is 5.26 Å². The van der Waals surface area contributed by atoms with Crippen molar-refractivity contribution >= 4 is 40.3 Å². The Bertz CT molecular complexity index is 1110. The van der Waals surface area contributed by atoms with E-state index in [9.17, 15) is 14.0 Å². The number of halogens is 1. The minimum atomic E-state index is -0.868. The van der Waals surface area contributed by atoms with Crippen LogP contribution in [0.1, 0.15) is 17.5 Å². The molecule has 150 valence electrons. The molecular formula is C21H16FN5O2S. The highest BCUT2D eigenvalue weighted by Gasteiger charge is 2.41. The number of hydrogen-bond donors (Lipinski definition) is 1. The Morgan fingerprint density at radius 1 is 1.23 bits per heavy atom. The number of nitrogens with one attached hydrogen (secondary N) is 1. The van der Waals surface area contributed by atoms with Crippen LogP contribution in [0.4, 0.5) is 10.1 Å². The Morgan fingerprint density at radius 3 is 2.77 bits per heavy atom. The van der Waals surface area contributed by atoms with E-state index in [0.717, 1.165) is 17.3 Å². The molecule has 2 aromatic rings. The molecular weight excluding hydrogens is 405 g/mol. The molecule has 1 atom stereocenters. The van der Waals surface area contributed by atoms with Crippen molar-refractivity contribution in [1.82, 2.24) is 10.2 Å². The zero-order chi connectivity index (χ0) is 21.1. The van der Waals surface area contributed by atoms with Gasteiger partial charge in [0, 0.05) is 12.1 Å². The molecule has 30 heavy (non-hydrogen) atoms. The Balaban J connectivity index is 1.50. The first-order chi connectivity index (χ1) is 14.6. The third-order valence-electron chi connectivity index (χ3n) is 4.60. The maximum atomic E-state index is 13.0. The summed E-state index contributed by atoms with van der Waals surface area (Å²) in [5.41, 5.74) is 2.13. The molecule has 0 saturated heterocycles. The van der Waals surface area contributed by atoms with E-state index >= 15 is 0 Å². The Morgan fingerprint density at radius 2 is 2.00 bits per heavy atom. The molecule has 0 fully saturated rings. The van der Waals surface area contributed by atoms with Gasteiger partial charge in [-0.3, -0.25) is 14.6 Å². The average molecular weight is 421 g/mol. The minimum Gasteiger partial charge on any atom is -0.352 e. The number of nitriles is 1. The van der Waals surface area contributed by atoms with Crippen LogP contribution in [0, 0.1) is 17.1 Å². The van der Waals surface area contributed by atoms with E-state index < -0.39 is 6.04 Å². The van der Waals surface area contributed by atoms with Crippen LogP contribution < -0.4 is 5.32 Å². The van der Waals surface area contributed by atoms with Gasteiger partial charge in [0.05, 0.1) is 23.9 Å². The number of para-hydroxylation sites is 1. The van der Waals surface area contributed by atoms with Crippen molar-refractivity contribution in [1.29, 1.82) is 5.26 Å². The number of rotatable bonds is 5. The summed E-state index contributed by atoms with van der Waals surface area (Å²) in [6.07, 6.45) is -0.113. The number of amides is 2. The second-order valence-corrected chi connectivity index (χ2v) is 7.55.